The number of likely N-dealkylation sites (N-methyl/N-ethyl adjacent to an activating group) is 1. The molecule has 0 radical (unpaired) electrons. The number of nitrogens with zero attached hydrogens (tertiary/aromatic N) is 3. The maximum atomic E-state index is 4.91. The summed E-state index contributed by atoms with van der Waals surface area (Å²) in [6.45, 7) is 11.1. The van der Waals surface area contributed by atoms with Gasteiger partial charge in [0.05, 0.1) is 6.54 Å². The fourth-order valence-electron chi connectivity index (χ4n) is 3.95. The highest BCUT2D eigenvalue weighted by molar-refractivity contribution is 14.0. The number of nitrogens with one attached hydrogen (secondary N) is 1. The average molecular weight is 420 g/mol. The number of aliphatic imine (C=N–C) groups is 1. The van der Waals surface area contributed by atoms with Crippen molar-refractivity contribution in [2.24, 2.45) is 10.4 Å². The maximum Gasteiger partial charge on any atom is 0.193 e. The molecular formula is C17H33IN4. The van der Waals surface area contributed by atoms with E-state index < -0.39 is 0 Å². The first-order chi connectivity index (χ1) is 10.3. The maximum absolute atomic E-state index is 4.91. The first kappa shape index (κ1) is 18.3. The smallest absolute Gasteiger partial charge is 0.193 e. The van der Waals surface area contributed by atoms with Crippen LogP contribution in [0.3, 0.4) is 0 Å². The average Bonchev–Trinajstić information content (AvgIpc) is 3.18. The van der Waals surface area contributed by atoms with Crippen LogP contribution in [-0.4, -0.2) is 61.1 Å². The Balaban J connectivity index is 0.00000176. The number of halogens is 1. The van der Waals surface area contributed by atoms with Gasteiger partial charge in [-0.3, -0.25) is 9.89 Å². The lowest BCUT2D eigenvalue weighted by Gasteiger charge is -2.38. The normalized spacial score (nSPS) is 23.6. The minimum absolute atomic E-state index is 0. The zero-order chi connectivity index (χ0) is 14.7. The summed E-state index contributed by atoms with van der Waals surface area (Å²) in [5.74, 6) is 1.16. The molecule has 4 nitrogen and oxygen atoms in total. The van der Waals surface area contributed by atoms with Gasteiger partial charge in [-0.1, -0.05) is 13.3 Å². The molecule has 2 saturated carbocycles. The van der Waals surface area contributed by atoms with Gasteiger partial charge in [0.1, 0.15) is 0 Å². The molecule has 0 aromatic heterocycles. The molecule has 1 aliphatic heterocycles. The van der Waals surface area contributed by atoms with Crippen molar-refractivity contribution in [1.82, 2.24) is 15.1 Å². The van der Waals surface area contributed by atoms with E-state index in [-0.39, 0.29) is 24.0 Å². The molecule has 2 aliphatic carbocycles. The predicted molar refractivity (Wildman–Crippen MR) is 104 cm³/mol. The first-order valence-corrected chi connectivity index (χ1v) is 9.04. The van der Waals surface area contributed by atoms with Crippen LogP contribution in [0.25, 0.3) is 0 Å². The Morgan fingerprint density at radius 3 is 2.55 bits per heavy atom. The Bertz CT molecular complexity index is 377. The fraction of sp³-hybridized carbons (Fsp3) is 0.941. The zero-order valence-corrected chi connectivity index (χ0v) is 16.6. The van der Waals surface area contributed by atoms with Crippen LogP contribution in [-0.2, 0) is 0 Å². The molecule has 128 valence electrons. The summed E-state index contributed by atoms with van der Waals surface area (Å²) in [6, 6.07) is 0.859. The van der Waals surface area contributed by atoms with E-state index in [1.807, 2.05) is 0 Å². The molecule has 22 heavy (non-hydrogen) atoms. The van der Waals surface area contributed by atoms with Crippen molar-refractivity contribution in [3.05, 3.63) is 0 Å². The van der Waals surface area contributed by atoms with E-state index in [2.05, 4.69) is 29.0 Å². The van der Waals surface area contributed by atoms with Crippen LogP contribution in [0.1, 0.15) is 52.4 Å². The summed E-state index contributed by atoms with van der Waals surface area (Å²) >= 11 is 0. The number of hydrogen-bond donors (Lipinski definition) is 1. The van der Waals surface area contributed by atoms with Crippen LogP contribution in [0, 0.1) is 5.41 Å². The second-order valence-electron chi connectivity index (χ2n) is 7.12. The van der Waals surface area contributed by atoms with E-state index in [0.29, 0.717) is 5.41 Å². The summed E-state index contributed by atoms with van der Waals surface area (Å²) < 4.78 is 0. The number of guanidine groups is 1. The minimum atomic E-state index is 0. The lowest BCUT2D eigenvalue weighted by molar-refractivity contribution is 0.151. The van der Waals surface area contributed by atoms with Crippen LogP contribution in [0.4, 0.5) is 0 Å². The SMILES string of the molecule is CCNC(=NCCN(CC)C1CC1)N1CCC2(CCC2)C1.I. The zero-order valence-electron chi connectivity index (χ0n) is 14.3. The number of hydrogen-bond acceptors (Lipinski definition) is 2. The third-order valence-electron chi connectivity index (χ3n) is 5.61. The minimum Gasteiger partial charge on any atom is -0.357 e. The van der Waals surface area contributed by atoms with Crippen molar-refractivity contribution >= 4 is 29.9 Å². The highest BCUT2D eigenvalue weighted by atomic mass is 127. The fourth-order valence-corrected chi connectivity index (χ4v) is 3.95. The predicted octanol–water partition coefficient (Wildman–Crippen LogP) is 2.93. The molecule has 0 aromatic rings. The van der Waals surface area contributed by atoms with Crippen molar-refractivity contribution < 1.29 is 0 Å². The largest absolute Gasteiger partial charge is 0.357 e. The van der Waals surface area contributed by atoms with Crippen LogP contribution < -0.4 is 5.32 Å². The van der Waals surface area contributed by atoms with E-state index >= 15 is 0 Å². The highest BCUT2D eigenvalue weighted by Crippen LogP contribution is 2.47. The van der Waals surface area contributed by atoms with Crippen molar-refractivity contribution in [1.29, 1.82) is 0 Å². The summed E-state index contributed by atoms with van der Waals surface area (Å²) in [6.07, 6.45) is 8.48. The van der Waals surface area contributed by atoms with Crippen LogP contribution in [0.15, 0.2) is 4.99 Å². The molecule has 1 N–H and O–H groups in total. The van der Waals surface area contributed by atoms with Gasteiger partial charge in [-0.15, -0.1) is 24.0 Å². The van der Waals surface area contributed by atoms with E-state index in [0.717, 1.165) is 31.6 Å². The molecule has 3 rings (SSSR count). The first-order valence-electron chi connectivity index (χ1n) is 9.04. The van der Waals surface area contributed by atoms with Crippen molar-refractivity contribution in [2.75, 3.05) is 39.3 Å². The molecule has 0 aromatic carbocycles. The Morgan fingerprint density at radius 2 is 2.05 bits per heavy atom. The molecule has 3 fully saturated rings. The molecule has 1 saturated heterocycles. The molecule has 0 atom stereocenters. The second kappa shape index (κ2) is 8.18. The quantitative estimate of drug-likeness (QED) is 0.407. The van der Waals surface area contributed by atoms with Gasteiger partial charge < -0.3 is 10.2 Å². The van der Waals surface area contributed by atoms with Gasteiger partial charge in [-0.05, 0) is 51.0 Å². The van der Waals surface area contributed by atoms with E-state index in [1.54, 1.807) is 0 Å². The Labute approximate surface area is 153 Å². The lowest BCUT2D eigenvalue weighted by atomic mass is 9.68. The molecule has 1 spiro atoms. The Kier molecular flexibility index (Phi) is 6.80. The monoisotopic (exact) mass is 420 g/mol. The molecule has 1 heterocycles. The molecule has 5 heteroatoms. The van der Waals surface area contributed by atoms with Gasteiger partial charge in [0, 0.05) is 32.2 Å². The van der Waals surface area contributed by atoms with Crippen LogP contribution >= 0.6 is 24.0 Å². The second-order valence-corrected chi connectivity index (χ2v) is 7.12. The third kappa shape index (κ3) is 4.28. The van der Waals surface area contributed by atoms with E-state index in [4.69, 9.17) is 4.99 Å². The van der Waals surface area contributed by atoms with Crippen molar-refractivity contribution in [3.8, 4) is 0 Å². The van der Waals surface area contributed by atoms with Gasteiger partial charge in [0.2, 0.25) is 0 Å². The number of rotatable bonds is 6. The standard InChI is InChI=1S/C17H32N4.HI/c1-3-18-16(19-11-13-20(4-2)15-6-7-15)21-12-10-17(14-21)8-5-9-17;/h15H,3-14H2,1-2H3,(H,18,19);1H. The molecule has 0 unspecified atom stereocenters. The third-order valence-corrected chi connectivity index (χ3v) is 5.61. The number of likely N-dealkylation sites (tertiary alicyclic amines) is 1. The molecule has 3 aliphatic rings. The summed E-state index contributed by atoms with van der Waals surface area (Å²) in [5, 5.41) is 3.50. The van der Waals surface area contributed by atoms with Gasteiger partial charge in [0.15, 0.2) is 5.96 Å². The molecule has 0 amide bonds. The van der Waals surface area contributed by atoms with E-state index in [1.165, 1.54) is 58.2 Å². The summed E-state index contributed by atoms with van der Waals surface area (Å²) in [4.78, 5) is 10.0. The highest BCUT2D eigenvalue weighted by Gasteiger charge is 2.43. The topological polar surface area (TPSA) is 30.9 Å². The molecular weight excluding hydrogens is 387 g/mol. The van der Waals surface area contributed by atoms with Gasteiger partial charge >= 0.3 is 0 Å². The summed E-state index contributed by atoms with van der Waals surface area (Å²) in [5.41, 5.74) is 0.652. The lowest BCUT2D eigenvalue weighted by Crippen LogP contribution is -2.43. The molecule has 0 bridgehead atoms. The van der Waals surface area contributed by atoms with E-state index in [9.17, 15) is 0 Å². The van der Waals surface area contributed by atoms with Crippen LogP contribution in [0.5, 0.6) is 0 Å². The summed E-state index contributed by atoms with van der Waals surface area (Å²) in [7, 11) is 0. The Hall–Kier alpha value is -0.0400. The van der Waals surface area contributed by atoms with Crippen LogP contribution in [0.2, 0.25) is 0 Å². The van der Waals surface area contributed by atoms with Crippen molar-refractivity contribution in [3.63, 3.8) is 0 Å². The van der Waals surface area contributed by atoms with Gasteiger partial charge in [-0.25, -0.2) is 0 Å². The van der Waals surface area contributed by atoms with Gasteiger partial charge in [0.25, 0.3) is 0 Å². The Morgan fingerprint density at radius 1 is 1.27 bits per heavy atom. The van der Waals surface area contributed by atoms with Crippen molar-refractivity contribution in [2.45, 2.75) is 58.4 Å². The van der Waals surface area contributed by atoms with Gasteiger partial charge in [-0.2, -0.15) is 0 Å².